The summed E-state index contributed by atoms with van der Waals surface area (Å²) < 4.78 is 4.00. The Hall–Kier alpha value is -2.89. The van der Waals surface area contributed by atoms with E-state index in [0.717, 1.165) is 29.2 Å². The molecule has 0 radical (unpaired) electrons. The van der Waals surface area contributed by atoms with Crippen molar-refractivity contribution in [1.29, 1.82) is 0 Å². The molecule has 1 atom stereocenters. The van der Waals surface area contributed by atoms with Crippen LogP contribution in [0.25, 0.3) is 17.1 Å². The Bertz CT molecular complexity index is 926. The number of carbonyl (C=O) groups excluding carboxylic acids is 1. The van der Waals surface area contributed by atoms with E-state index in [0.29, 0.717) is 6.42 Å². The van der Waals surface area contributed by atoms with Crippen LogP contribution >= 0.6 is 0 Å². The molecule has 0 unspecified atom stereocenters. The van der Waals surface area contributed by atoms with Gasteiger partial charge in [-0.1, -0.05) is 11.6 Å². The number of carbonyl (C=O) groups is 1. The molecule has 0 spiro atoms. The molecular weight excluding hydrogens is 326 g/mol. The first-order chi connectivity index (χ1) is 12.5. The quantitative estimate of drug-likeness (QED) is 0.727. The molecule has 1 fully saturated rings. The Kier molecular flexibility index (Phi) is 4.11. The van der Waals surface area contributed by atoms with Crippen LogP contribution in [0.2, 0.25) is 0 Å². The van der Waals surface area contributed by atoms with Crippen LogP contribution in [0.5, 0.6) is 0 Å². The molecule has 1 aliphatic heterocycles. The van der Waals surface area contributed by atoms with Gasteiger partial charge in [0.2, 0.25) is 5.91 Å². The van der Waals surface area contributed by atoms with E-state index in [1.807, 2.05) is 34.2 Å². The third-order valence-electron chi connectivity index (χ3n) is 4.97. The first kappa shape index (κ1) is 16.6. The lowest BCUT2D eigenvalue weighted by Crippen LogP contribution is -2.32. The van der Waals surface area contributed by atoms with Crippen molar-refractivity contribution in [2.75, 3.05) is 6.54 Å². The Balaban J connectivity index is 1.77. The zero-order valence-electron chi connectivity index (χ0n) is 15.3. The van der Waals surface area contributed by atoms with E-state index in [4.69, 9.17) is 0 Å². The molecule has 0 aliphatic carbocycles. The van der Waals surface area contributed by atoms with Crippen LogP contribution in [0.4, 0.5) is 0 Å². The summed E-state index contributed by atoms with van der Waals surface area (Å²) in [6, 6.07) is 8.51. The van der Waals surface area contributed by atoms with E-state index in [2.05, 4.69) is 53.6 Å². The average molecular weight is 349 g/mol. The maximum atomic E-state index is 12.4. The second-order valence-corrected chi connectivity index (χ2v) is 7.13. The lowest BCUT2D eigenvalue weighted by molar-refractivity contribution is -0.129. The second kappa shape index (κ2) is 6.44. The van der Waals surface area contributed by atoms with Gasteiger partial charge in [0.1, 0.15) is 5.82 Å². The SMILES string of the molecule is Cc1ccc(-n2cccn2)c(-c2nccn2[C@H]2CC(=O)N(C(C)C)C2)c1. The predicted molar refractivity (Wildman–Crippen MR) is 100 cm³/mol. The highest BCUT2D eigenvalue weighted by molar-refractivity contribution is 5.79. The van der Waals surface area contributed by atoms with Crippen molar-refractivity contribution in [3.63, 3.8) is 0 Å². The number of aryl methyl sites for hydroxylation is 1. The molecule has 6 heteroatoms. The van der Waals surface area contributed by atoms with Crippen molar-refractivity contribution in [1.82, 2.24) is 24.2 Å². The minimum atomic E-state index is 0.105. The van der Waals surface area contributed by atoms with Gasteiger partial charge in [-0.2, -0.15) is 5.10 Å². The fourth-order valence-electron chi connectivity index (χ4n) is 3.65. The molecule has 6 nitrogen and oxygen atoms in total. The molecule has 2 aromatic heterocycles. The van der Waals surface area contributed by atoms with Crippen LogP contribution in [-0.2, 0) is 4.79 Å². The number of hydrogen-bond acceptors (Lipinski definition) is 3. The summed E-state index contributed by atoms with van der Waals surface area (Å²) in [5.74, 6) is 1.09. The average Bonchev–Trinajstić information content (AvgIpc) is 3.34. The number of benzene rings is 1. The molecule has 3 aromatic rings. The molecule has 1 amide bonds. The zero-order chi connectivity index (χ0) is 18.3. The summed E-state index contributed by atoms with van der Waals surface area (Å²) in [5, 5.41) is 4.38. The fraction of sp³-hybridized carbons (Fsp3) is 0.350. The van der Waals surface area contributed by atoms with E-state index in [9.17, 15) is 4.79 Å². The molecule has 0 bridgehead atoms. The van der Waals surface area contributed by atoms with Gasteiger partial charge in [0.05, 0.1) is 11.7 Å². The largest absolute Gasteiger partial charge is 0.338 e. The Labute approximate surface area is 153 Å². The Morgan fingerprint density at radius 1 is 1.19 bits per heavy atom. The summed E-state index contributed by atoms with van der Waals surface area (Å²) in [5.41, 5.74) is 3.17. The Morgan fingerprint density at radius 3 is 2.73 bits per heavy atom. The van der Waals surface area contributed by atoms with Crippen molar-refractivity contribution >= 4 is 5.91 Å². The highest BCUT2D eigenvalue weighted by Crippen LogP contribution is 2.32. The molecule has 1 aliphatic rings. The molecule has 0 saturated carbocycles. The molecule has 4 rings (SSSR count). The minimum Gasteiger partial charge on any atom is -0.338 e. The lowest BCUT2D eigenvalue weighted by atomic mass is 10.1. The molecule has 1 saturated heterocycles. The second-order valence-electron chi connectivity index (χ2n) is 7.13. The summed E-state index contributed by atoms with van der Waals surface area (Å²) >= 11 is 0. The molecular formula is C20H23N5O. The maximum absolute atomic E-state index is 12.4. The van der Waals surface area contributed by atoms with Crippen molar-refractivity contribution in [3.05, 3.63) is 54.6 Å². The molecule has 3 heterocycles. The van der Waals surface area contributed by atoms with Crippen LogP contribution < -0.4 is 0 Å². The van der Waals surface area contributed by atoms with Crippen LogP contribution in [0.15, 0.2) is 49.1 Å². The highest BCUT2D eigenvalue weighted by Gasteiger charge is 2.33. The monoisotopic (exact) mass is 349 g/mol. The van der Waals surface area contributed by atoms with Crippen molar-refractivity contribution in [3.8, 4) is 17.1 Å². The van der Waals surface area contributed by atoms with Crippen molar-refractivity contribution in [2.24, 2.45) is 0 Å². The number of aromatic nitrogens is 4. The van der Waals surface area contributed by atoms with Crippen molar-refractivity contribution in [2.45, 2.75) is 39.3 Å². The van der Waals surface area contributed by atoms with Gasteiger partial charge in [0.25, 0.3) is 0 Å². The summed E-state index contributed by atoms with van der Waals surface area (Å²) in [6.45, 7) is 6.92. The first-order valence-corrected chi connectivity index (χ1v) is 8.98. The predicted octanol–water partition coefficient (Wildman–Crippen LogP) is 3.23. The van der Waals surface area contributed by atoms with Gasteiger partial charge in [-0.25, -0.2) is 9.67 Å². The number of imidazole rings is 1. The highest BCUT2D eigenvalue weighted by atomic mass is 16.2. The number of hydrogen-bond donors (Lipinski definition) is 0. The molecule has 0 N–H and O–H groups in total. The van der Waals surface area contributed by atoms with Crippen LogP contribution in [0.1, 0.15) is 31.9 Å². The van der Waals surface area contributed by atoms with E-state index in [1.54, 1.807) is 6.20 Å². The number of nitrogens with zero attached hydrogens (tertiary/aromatic N) is 5. The van der Waals surface area contributed by atoms with E-state index >= 15 is 0 Å². The van der Waals surface area contributed by atoms with E-state index in [-0.39, 0.29) is 18.0 Å². The molecule has 26 heavy (non-hydrogen) atoms. The minimum absolute atomic E-state index is 0.105. The van der Waals surface area contributed by atoms with Crippen LogP contribution in [0, 0.1) is 6.92 Å². The fourth-order valence-corrected chi connectivity index (χ4v) is 3.65. The van der Waals surface area contributed by atoms with Gasteiger partial charge in [0, 0.05) is 49.4 Å². The third kappa shape index (κ3) is 2.81. The van der Waals surface area contributed by atoms with Crippen molar-refractivity contribution < 1.29 is 4.79 Å². The van der Waals surface area contributed by atoms with Gasteiger partial charge in [-0.15, -0.1) is 0 Å². The lowest BCUT2D eigenvalue weighted by Gasteiger charge is -2.22. The van der Waals surface area contributed by atoms with Gasteiger partial charge in [0.15, 0.2) is 0 Å². The summed E-state index contributed by atoms with van der Waals surface area (Å²) in [6.07, 6.45) is 8.01. The van der Waals surface area contributed by atoms with Gasteiger partial charge >= 0.3 is 0 Å². The topological polar surface area (TPSA) is 56.0 Å². The standard InChI is InChI=1S/C20H23N5O/c1-14(2)24-13-16(12-19(24)26)23-10-8-21-20(23)17-11-15(3)5-6-18(17)25-9-4-7-22-25/h4-11,14,16H,12-13H2,1-3H3/t16-/m0/s1. The van der Waals surface area contributed by atoms with Gasteiger partial charge in [-0.05, 0) is 39.0 Å². The smallest absolute Gasteiger partial charge is 0.225 e. The van der Waals surface area contributed by atoms with Crippen LogP contribution in [-0.4, -0.2) is 42.7 Å². The number of rotatable bonds is 4. The first-order valence-electron chi connectivity index (χ1n) is 8.98. The maximum Gasteiger partial charge on any atom is 0.225 e. The normalized spacial score (nSPS) is 17.5. The third-order valence-corrected chi connectivity index (χ3v) is 4.97. The Morgan fingerprint density at radius 2 is 2.04 bits per heavy atom. The molecule has 1 aromatic carbocycles. The summed E-state index contributed by atoms with van der Waals surface area (Å²) in [7, 11) is 0. The molecule has 134 valence electrons. The van der Waals surface area contributed by atoms with E-state index < -0.39 is 0 Å². The van der Waals surface area contributed by atoms with Crippen LogP contribution in [0.3, 0.4) is 0 Å². The summed E-state index contributed by atoms with van der Waals surface area (Å²) in [4.78, 5) is 18.9. The van der Waals surface area contributed by atoms with Gasteiger partial charge in [-0.3, -0.25) is 4.79 Å². The van der Waals surface area contributed by atoms with E-state index in [1.165, 1.54) is 0 Å². The zero-order valence-corrected chi connectivity index (χ0v) is 15.3. The number of likely N-dealkylation sites (tertiary alicyclic amines) is 1. The number of amides is 1. The van der Waals surface area contributed by atoms with Gasteiger partial charge < -0.3 is 9.47 Å².